The van der Waals surface area contributed by atoms with Gasteiger partial charge in [-0.25, -0.2) is 0 Å². The predicted octanol–water partition coefficient (Wildman–Crippen LogP) is 4.07. The number of fused-ring (bicyclic) bond motifs is 4. The number of hydrogen-bond acceptors (Lipinski definition) is 2. The lowest BCUT2D eigenvalue weighted by Crippen LogP contribution is -2.65. The zero-order valence-electron chi connectivity index (χ0n) is 16.7. The van der Waals surface area contributed by atoms with Gasteiger partial charge in [-0.05, 0) is 62.0 Å². The second kappa shape index (κ2) is 5.82. The third-order valence-corrected chi connectivity index (χ3v) is 8.20. The van der Waals surface area contributed by atoms with Crippen molar-refractivity contribution in [2.24, 2.45) is 11.3 Å². The molecular formula is C23H33NO2. The van der Waals surface area contributed by atoms with Crippen LogP contribution in [0.15, 0.2) is 24.3 Å². The quantitative estimate of drug-likeness (QED) is 0.825. The van der Waals surface area contributed by atoms with Crippen molar-refractivity contribution in [1.82, 2.24) is 4.90 Å². The van der Waals surface area contributed by atoms with Gasteiger partial charge in [-0.1, -0.05) is 45.0 Å². The first kappa shape index (κ1) is 18.0. The highest BCUT2D eigenvalue weighted by atomic mass is 16.3. The first-order chi connectivity index (χ1) is 12.2. The van der Waals surface area contributed by atoms with Crippen molar-refractivity contribution in [2.45, 2.75) is 83.3 Å². The molecule has 0 spiro atoms. The molecule has 4 rings (SSSR count). The number of likely N-dealkylation sites (tertiary alicyclic amines) is 1. The standard InChI is InChI=1S/C23H33NO2/c1-21(2)19-15-17-7-5-6-8-18(17)23(21,4)13-14-24(19)20(25)16-9-11-22(3,26)12-10-16/h5-8,16,19,26H,9-15H2,1-4H3/t16-,19-,22-,23+/m1/s1. The Hall–Kier alpha value is -1.35. The summed E-state index contributed by atoms with van der Waals surface area (Å²) in [6.07, 6.45) is 5.13. The van der Waals surface area contributed by atoms with Gasteiger partial charge in [0.1, 0.15) is 0 Å². The molecule has 3 nitrogen and oxygen atoms in total. The summed E-state index contributed by atoms with van der Waals surface area (Å²) in [4.78, 5) is 15.6. The average molecular weight is 356 g/mol. The lowest BCUT2D eigenvalue weighted by molar-refractivity contribution is -0.150. The highest BCUT2D eigenvalue weighted by Gasteiger charge is 2.57. The summed E-state index contributed by atoms with van der Waals surface area (Å²) >= 11 is 0. The molecule has 0 unspecified atom stereocenters. The smallest absolute Gasteiger partial charge is 0.225 e. The molecule has 1 N–H and O–H groups in total. The van der Waals surface area contributed by atoms with E-state index in [1.807, 2.05) is 6.92 Å². The highest BCUT2D eigenvalue weighted by Crippen LogP contribution is 2.56. The number of aliphatic hydroxyl groups is 1. The van der Waals surface area contributed by atoms with Crippen LogP contribution in [0.3, 0.4) is 0 Å². The zero-order valence-corrected chi connectivity index (χ0v) is 16.7. The van der Waals surface area contributed by atoms with Crippen LogP contribution in [-0.4, -0.2) is 34.1 Å². The second-order valence-corrected chi connectivity index (χ2v) is 9.98. The summed E-state index contributed by atoms with van der Waals surface area (Å²) in [5, 5.41) is 10.2. The van der Waals surface area contributed by atoms with Crippen molar-refractivity contribution in [3.8, 4) is 0 Å². The maximum absolute atomic E-state index is 13.4. The minimum absolute atomic E-state index is 0.0649. The van der Waals surface area contributed by atoms with Gasteiger partial charge in [-0.3, -0.25) is 4.79 Å². The molecule has 1 saturated heterocycles. The molecule has 26 heavy (non-hydrogen) atoms. The van der Waals surface area contributed by atoms with E-state index in [2.05, 4.69) is 49.9 Å². The molecule has 0 radical (unpaired) electrons. The summed E-state index contributed by atoms with van der Waals surface area (Å²) < 4.78 is 0. The number of amides is 1. The largest absolute Gasteiger partial charge is 0.390 e. The van der Waals surface area contributed by atoms with Gasteiger partial charge in [0.15, 0.2) is 0 Å². The first-order valence-electron chi connectivity index (χ1n) is 10.3. The number of rotatable bonds is 1. The van der Waals surface area contributed by atoms with Gasteiger partial charge < -0.3 is 10.0 Å². The number of hydrogen-bond donors (Lipinski definition) is 1. The van der Waals surface area contributed by atoms with E-state index >= 15 is 0 Å². The fraction of sp³-hybridized carbons (Fsp3) is 0.696. The van der Waals surface area contributed by atoms with Crippen molar-refractivity contribution in [3.05, 3.63) is 35.4 Å². The van der Waals surface area contributed by atoms with Crippen molar-refractivity contribution < 1.29 is 9.90 Å². The van der Waals surface area contributed by atoms with Crippen LogP contribution < -0.4 is 0 Å². The molecule has 3 heteroatoms. The topological polar surface area (TPSA) is 40.5 Å². The molecule has 1 heterocycles. The number of benzene rings is 1. The van der Waals surface area contributed by atoms with Crippen LogP contribution in [-0.2, 0) is 16.6 Å². The fourth-order valence-corrected chi connectivity index (χ4v) is 5.86. The van der Waals surface area contributed by atoms with Crippen molar-refractivity contribution in [1.29, 1.82) is 0 Å². The average Bonchev–Trinajstić information content (AvgIpc) is 2.58. The predicted molar refractivity (Wildman–Crippen MR) is 104 cm³/mol. The number of carbonyl (C=O) groups excluding carboxylic acids is 1. The Balaban J connectivity index is 1.63. The molecule has 1 aromatic carbocycles. The van der Waals surface area contributed by atoms with Crippen LogP contribution >= 0.6 is 0 Å². The van der Waals surface area contributed by atoms with Crippen molar-refractivity contribution >= 4 is 5.91 Å². The van der Waals surface area contributed by atoms with E-state index in [-0.39, 0.29) is 22.8 Å². The van der Waals surface area contributed by atoms with Crippen LogP contribution in [0, 0.1) is 11.3 Å². The molecule has 2 atom stereocenters. The summed E-state index contributed by atoms with van der Waals surface area (Å²) in [7, 11) is 0. The first-order valence-corrected chi connectivity index (χ1v) is 10.3. The Morgan fingerprint density at radius 2 is 1.73 bits per heavy atom. The molecule has 1 amide bonds. The fourth-order valence-electron chi connectivity index (χ4n) is 5.86. The van der Waals surface area contributed by atoms with E-state index in [0.29, 0.717) is 5.91 Å². The van der Waals surface area contributed by atoms with Gasteiger partial charge in [-0.15, -0.1) is 0 Å². The van der Waals surface area contributed by atoms with Crippen molar-refractivity contribution in [3.63, 3.8) is 0 Å². The molecule has 1 saturated carbocycles. The third kappa shape index (κ3) is 2.54. The van der Waals surface area contributed by atoms with Gasteiger partial charge in [0, 0.05) is 23.9 Å². The van der Waals surface area contributed by atoms with E-state index in [1.54, 1.807) is 0 Å². The molecule has 3 aliphatic rings. The van der Waals surface area contributed by atoms with Crippen LogP contribution in [0.1, 0.15) is 70.9 Å². The molecule has 2 fully saturated rings. The summed E-state index contributed by atoms with van der Waals surface area (Å²) in [6.45, 7) is 9.89. The monoisotopic (exact) mass is 355 g/mol. The Morgan fingerprint density at radius 1 is 1.08 bits per heavy atom. The summed E-state index contributed by atoms with van der Waals surface area (Å²) in [6, 6.07) is 9.11. The Labute approximate surface area is 157 Å². The summed E-state index contributed by atoms with van der Waals surface area (Å²) in [5.41, 5.74) is 2.51. The van der Waals surface area contributed by atoms with E-state index in [4.69, 9.17) is 0 Å². The SMILES string of the molecule is CC1(C)[C@H]2Cc3ccccc3[C@]1(C)CCN2C(=O)[C@H]1CC[C@](C)(O)CC1. The summed E-state index contributed by atoms with van der Waals surface area (Å²) in [5.74, 6) is 0.424. The van der Waals surface area contributed by atoms with Gasteiger partial charge in [0.25, 0.3) is 0 Å². The maximum Gasteiger partial charge on any atom is 0.225 e. The van der Waals surface area contributed by atoms with Gasteiger partial charge >= 0.3 is 0 Å². The molecular weight excluding hydrogens is 322 g/mol. The lowest BCUT2D eigenvalue weighted by Gasteiger charge is -2.61. The normalized spacial score (nSPS) is 38.6. The van der Waals surface area contributed by atoms with Crippen LogP contribution in [0.2, 0.25) is 0 Å². The molecule has 1 aromatic rings. The molecule has 1 aliphatic heterocycles. The maximum atomic E-state index is 13.4. The Kier molecular flexibility index (Phi) is 4.04. The van der Waals surface area contributed by atoms with Gasteiger partial charge in [-0.2, -0.15) is 0 Å². The van der Waals surface area contributed by atoms with E-state index in [0.717, 1.165) is 45.1 Å². The van der Waals surface area contributed by atoms with Crippen molar-refractivity contribution in [2.75, 3.05) is 6.54 Å². The lowest BCUT2D eigenvalue weighted by atomic mass is 9.51. The van der Waals surface area contributed by atoms with E-state index in [1.165, 1.54) is 11.1 Å². The highest BCUT2D eigenvalue weighted by molar-refractivity contribution is 5.80. The van der Waals surface area contributed by atoms with Gasteiger partial charge in [0.05, 0.1) is 5.60 Å². The zero-order chi connectivity index (χ0) is 18.7. The molecule has 0 aromatic heterocycles. The van der Waals surface area contributed by atoms with E-state index in [9.17, 15) is 9.90 Å². The molecule has 2 bridgehead atoms. The number of nitrogens with zero attached hydrogens (tertiary/aromatic N) is 1. The minimum atomic E-state index is -0.583. The molecule has 142 valence electrons. The van der Waals surface area contributed by atoms with Crippen LogP contribution in [0.5, 0.6) is 0 Å². The Morgan fingerprint density at radius 3 is 2.42 bits per heavy atom. The minimum Gasteiger partial charge on any atom is -0.390 e. The molecule has 2 aliphatic carbocycles. The van der Waals surface area contributed by atoms with Crippen LogP contribution in [0.25, 0.3) is 0 Å². The third-order valence-electron chi connectivity index (χ3n) is 8.20. The Bertz CT molecular complexity index is 713. The van der Waals surface area contributed by atoms with Gasteiger partial charge in [0.2, 0.25) is 5.91 Å². The number of carbonyl (C=O) groups is 1. The van der Waals surface area contributed by atoms with E-state index < -0.39 is 5.60 Å². The van der Waals surface area contributed by atoms with Crippen LogP contribution in [0.4, 0.5) is 0 Å². The number of piperidine rings is 1. The second-order valence-electron chi connectivity index (χ2n) is 9.98.